The van der Waals surface area contributed by atoms with E-state index in [0.29, 0.717) is 0 Å². The maximum Gasteiger partial charge on any atom is 0.209 e. The molecule has 0 radical (unpaired) electrons. The molecule has 3 rings (SSSR count). The van der Waals surface area contributed by atoms with Gasteiger partial charge < -0.3 is 30.9 Å². The molecule has 0 aliphatic carbocycles. The number of aliphatic hydroxyl groups is 4. The molecule has 0 bridgehead atoms. The second kappa shape index (κ2) is 6.07. The lowest BCUT2D eigenvalue weighted by molar-refractivity contribution is -0.0511. The fourth-order valence-corrected chi connectivity index (χ4v) is 2.41. The molecule has 1 saturated heterocycles. The molecule has 122 valence electrons. The van der Waals surface area contributed by atoms with E-state index in [1.807, 2.05) is 0 Å². The van der Waals surface area contributed by atoms with Gasteiger partial charge in [0.25, 0.3) is 0 Å². The smallest absolute Gasteiger partial charge is 0.209 e. The van der Waals surface area contributed by atoms with E-state index in [1.54, 1.807) is 0 Å². The first-order valence-electron chi connectivity index (χ1n) is 6.79. The Kier molecular flexibility index (Phi) is 4.12. The Balaban J connectivity index is 2.06. The van der Waals surface area contributed by atoms with Crippen LogP contribution in [0.2, 0.25) is 0 Å². The highest BCUT2D eigenvalue weighted by Crippen LogP contribution is 2.31. The molecule has 10 nitrogen and oxygen atoms in total. The van der Waals surface area contributed by atoms with Crippen molar-refractivity contribution in [2.45, 2.75) is 24.5 Å². The zero-order chi connectivity index (χ0) is 16.6. The molecular formula is C13H15N5O5. The highest BCUT2D eigenvalue weighted by molar-refractivity contribution is 5.82. The average molecular weight is 321 g/mol. The highest BCUT2D eigenvalue weighted by Gasteiger charge is 2.44. The molecule has 1 fully saturated rings. The zero-order valence-electron chi connectivity index (χ0n) is 11.9. The van der Waals surface area contributed by atoms with Crippen LogP contribution in [0, 0.1) is 11.8 Å². The standard InChI is InChI=1S/C13H15N5O5/c14-11-8-12(17-7(16-11)2-1-3-19)18(5-15-8)13-10(22)9(21)6(4-20)23-13/h5-6,9-10,13,19-22H,3-4H2,(H2,14,16,17)/t6-,9-,10-,13-/m1/s1. The number of aromatic nitrogens is 4. The summed E-state index contributed by atoms with van der Waals surface area (Å²) in [5.41, 5.74) is 6.35. The van der Waals surface area contributed by atoms with Gasteiger partial charge in [0.1, 0.15) is 30.4 Å². The average Bonchev–Trinajstić information content (AvgIpc) is 3.08. The Morgan fingerprint density at radius 3 is 2.70 bits per heavy atom. The third-order valence-corrected chi connectivity index (χ3v) is 3.52. The minimum Gasteiger partial charge on any atom is -0.394 e. The number of nitrogens with zero attached hydrogens (tertiary/aromatic N) is 4. The van der Waals surface area contributed by atoms with Crippen LogP contribution in [0.5, 0.6) is 0 Å². The second-order valence-corrected chi connectivity index (χ2v) is 4.95. The van der Waals surface area contributed by atoms with Gasteiger partial charge in [0.05, 0.1) is 12.9 Å². The lowest BCUT2D eigenvalue weighted by atomic mass is 10.1. The quantitative estimate of drug-likeness (QED) is 0.373. The van der Waals surface area contributed by atoms with E-state index < -0.39 is 31.1 Å². The molecule has 0 saturated carbocycles. The van der Waals surface area contributed by atoms with Crippen molar-refractivity contribution in [3.05, 3.63) is 12.2 Å². The molecule has 0 amide bonds. The molecule has 23 heavy (non-hydrogen) atoms. The van der Waals surface area contributed by atoms with Crippen LogP contribution in [0.3, 0.4) is 0 Å². The monoisotopic (exact) mass is 321 g/mol. The number of hydrogen-bond acceptors (Lipinski definition) is 9. The molecule has 10 heteroatoms. The van der Waals surface area contributed by atoms with Gasteiger partial charge in [0.2, 0.25) is 5.82 Å². The van der Waals surface area contributed by atoms with Crippen LogP contribution in [-0.2, 0) is 4.74 Å². The second-order valence-electron chi connectivity index (χ2n) is 4.95. The molecule has 3 heterocycles. The van der Waals surface area contributed by atoms with Crippen molar-refractivity contribution in [1.82, 2.24) is 19.5 Å². The largest absolute Gasteiger partial charge is 0.394 e. The van der Waals surface area contributed by atoms with E-state index in [2.05, 4.69) is 26.8 Å². The SMILES string of the molecule is Nc1nc(C#CCO)nc2c1ncn2[C@@H]1O[C@H](CO)[C@@H](O)[C@H]1O. The summed E-state index contributed by atoms with van der Waals surface area (Å²) in [6.45, 7) is -0.791. The summed E-state index contributed by atoms with van der Waals surface area (Å²) in [5, 5.41) is 37.8. The predicted octanol–water partition coefficient (Wildman–Crippen LogP) is -2.64. The minimum atomic E-state index is -1.27. The van der Waals surface area contributed by atoms with Crippen LogP contribution in [0.15, 0.2) is 6.33 Å². The molecule has 0 aromatic carbocycles. The van der Waals surface area contributed by atoms with Crippen molar-refractivity contribution in [2.24, 2.45) is 0 Å². The first-order chi connectivity index (χ1) is 11.1. The molecule has 2 aromatic heterocycles. The summed E-state index contributed by atoms with van der Waals surface area (Å²) in [6, 6.07) is 0. The summed E-state index contributed by atoms with van der Waals surface area (Å²) in [6.07, 6.45) is -3.07. The zero-order valence-corrected chi connectivity index (χ0v) is 11.9. The number of hydrogen-bond donors (Lipinski definition) is 5. The normalized spacial score (nSPS) is 27.1. The van der Waals surface area contributed by atoms with Crippen LogP contribution < -0.4 is 5.73 Å². The van der Waals surface area contributed by atoms with Crippen LogP contribution in [0.1, 0.15) is 12.1 Å². The van der Waals surface area contributed by atoms with Gasteiger partial charge in [0.15, 0.2) is 17.7 Å². The van der Waals surface area contributed by atoms with Crippen LogP contribution in [0.4, 0.5) is 5.82 Å². The van der Waals surface area contributed by atoms with Crippen molar-refractivity contribution in [3.8, 4) is 11.8 Å². The summed E-state index contributed by atoms with van der Waals surface area (Å²) < 4.78 is 6.83. The lowest BCUT2D eigenvalue weighted by Crippen LogP contribution is -2.33. The number of ether oxygens (including phenoxy) is 1. The summed E-state index contributed by atoms with van der Waals surface area (Å²) in [4.78, 5) is 12.2. The number of fused-ring (bicyclic) bond motifs is 1. The fraction of sp³-hybridized carbons (Fsp3) is 0.462. The number of aliphatic hydroxyl groups excluding tert-OH is 4. The van der Waals surface area contributed by atoms with Gasteiger partial charge in [-0.25, -0.2) is 15.0 Å². The number of rotatable bonds is 2. The van der Waals surface area contributed by atoms with Gasteiger partial charge in [-0.1, -0.05) is 5.92 Å². The lowest BCUT2D eigenvalue weighted by Gasteiger charge is -2.16. The van der Waals surface area contributed by atoms with Gasteiger partial charge in [0, 0.05) is 0 Å². The van der Waals surface area contributed by atoms with Crippen LogP contribution >= 0.6 is 0 Å². The van der Waals surface area contributed by atoms with Crippen molar-refractivity contribution in [2.75, 3.05) is 18.9 Å². The maximum atomic E-state index is 10.1. The Morgan fingerprint density at radius 1 is 1.26 bits per heavy atom. The van der Waals surface area contributed by atoms with Crippen LogP contribution in [0.25, 0.3) is 11.2 Å². The van der Waals surface area contributed by atoms with Crippen molar-refractivity contribution in [1.29, 1.82) is 0 Å². The number of nitrogens with two attached hydrogens (primary N) is 1. The van der Waals surface area contributed by atoms with Crippen molar-refractivity contribution in [3.63, 3.8) is 0 Å². The molecular weight excluding hydrogens is 306 g/mol. The summed E-state index contributed by atoms with van der Waals surface area (Å²) in [5.74, 6) is 5.12. The van der Waals surface area contributed by atoms with E-state index in [1.165, 1.54) is 10.9 Å². The van der Waals surface area contributed by atoms with E-state index in [9.17, 15) is 10.2 Å². The third-order valence-electron chi connectivity index (χ3n) is 3.52. The molecule has 2 aromatic rings. The molecule has 6 N–H and O–H groups in total. The molecule has 0 unspecified atom stereocenters. The topological polar surface area (TPSA) is 160 Å². The summed E-state index contributed by atoms with van der Waals surface area (Å²) in [7, 11) is 0. The molecule has 4 atom stereocenters. The van der Waals surface area contributed by atoms with E-state index in [0.717, 1.165) is 0 Å². The first-order valence-corrected chi connectivity index (χ1v) is 6.79. The number of anilines is 1. The number of imidazole rings is 1. The Bertz CT molecular complexity index is 782. The molecule has 1 aliphatic heterocycles. The maximum absolute atomic E-state index is 10.1. The Hall–Kier alpha value is -2.29. The molecule has 0 spiro atoms. The minimum absolute atomic E-state index is 0.0811. The van der Waals surface area contributed by atoms with Crippen LogP contribution in [-0.4, -0.2) is 71.5 Å². The van der Waals surface area contributed by atoms with Gasteiger partial charge in [-0.2, -0.15) is 0 Å². The van der Waals surface area contributed by atoms with Crippen molar-refractivity contribution >= 4 is 17.0 Å². The van der Waals surface area contributed by atoms with Gasteiger partial charge in [-0.15, -0.1) is 0 Å². The number of nitrogen functional groups attached to an aromatic ring is 1. The van der Waals surface area contributed by atoms with Gasteiger partial charge >= 0.3 is 0 Å². The van der Waals surface area contributed by atoms with E-state index in [4.69, 9.17) is 20.7 Å². The Morgan fingerprint density at radius 2 is 2.04 bits per heavy atom. The summed E-state index contributed by atoms with van der Waals surface area (Å²) >= 11 is 0. The van der Waals surface area contributed by atoms with E-state index >= 15 is 0 Å². The predicted molar refractivity (Wildman–Crippen MR) is 76.7 cm³/mol. The fourth-order valence-electron chi connectivity index (χ4n) is 2.41. The highest BCUT2D eigenvalue weighted by atomic mass is 16.6. The van der Waals surface area contributed by atoms with E-state index in [-0.39, 0.29) is 29.4 Å². The first kappa shape index (κ1) is 15.6. The van der Waals surface area contributed by atoms with Gasteiger partial charge in [-0.3, -0.25) is 4.57 Å². The van der Waals surface area contributed by atoms with Crippen molar-refractivity contribution < 1.29 is 25.2 Å². The van der Waals surface area contributed by atoms with Gasteiger partial charge in [-0.05, 0) is 5.92 Å². The molecule has 1 aliphatic rings. The Labute approximate surface area is 130 Å². The third kappa shape index (κ3) is 2.61.